The number of hydrogen-bond acceptors (Lipinski definition) is 2. The number of rotatable bonds is 5. The van der Waals surface area contributed by atoms with Crippen LogP contribution in [0.2, 0.25) is 0 Å². The van der Waals surface area contributed by atoms with Crippen LogP contribution in [0.15, 0.2) is 0 Å². The maximum atomic E-state index is 12.3. The minimum atomic E-state index is -2.45. The molecule has 2 unspecified atom stereocenters. The fraction of sp³-hybridized carbons (Fsp3) is 0.909. The number of alkyl halides is 2. The molecular formula is C11H21ClF2N2O. The molecule has 6 heteroatoms. The normalized spacial score (nSPS) is 23.6. The summed E-state index contributed by atoms with van der Waals surface area (Å²) in [5, 5.41) is 0. The summed E-state index contributed by atoms with van der Waals surface area (Å²) in [5.41, 5.74) is 5.72. The molecule has 1 aliphatic rings. The summed E-state index contributed by atoms with van der Waals surface area (Å²) in [6.45, 7) is 1.85. The summed E-state index contributed by atoms with van der Waals surface area (Å²) in [6, 6.07) is 0.0592. The van der Waals surface area contributed by atoms with E-state index in [1.54, 1.807) is 0 Å². The molecule has 1 saturated carbocycles. The van der Waals surface area contributed by atoms with Crippen LogP contribution in [0.4, 0.5) is 8.78 Å². The first kappa shape index (κ1) is 16.6. The van der Waals surface area contributed by atoms with Crippen molar-refractivity contribution in [3.63, 3.8) is 0 Å². The molecule has 0 radical (unpaired) electrons. The average molecular weight is 271 g/mol. The third-order valence-electron chi connectivity index (χ3n) is 2.99. The molecule has 0 spiro atoms. The minimum absolute atomic E-state index is 0. The summed E-state index contributed by atoms with van der Waals surface area (Å²) in [7, 11) is 0. The number of nitrogens with two attached hydrogens (primary N) is 1. The zero-order valence-electron chi connectivity index (χ0n) is 10.1. The highest BCUT2D eigenvalue weighted by atomic mass is 35.5. The average Bonchev–Trinajstić information content (AvgIpc) is 2.62. The number of halogens is 3. The van der Waals surface area contributed by atoms with Gasteiger partial charge in [0.25, 0.3) is 6.43 Å². The third-order valence-corrected chi connectivity index (χ3v) is 2.99. The summed E-state index contributed by atoms with van der Waals surface area (Å²) in [5.74, 6) is -0.282. The molecule has 102 valence electrons. The summed E-state index contributed by atoms with van der Waals surface area (Å²) >= 11 is 0. The molecule has 0 aromatic heterocycles. The van der Waals surface area contributed by atoms with Crippen molar-refractivity contribution >= 4 is 18.3 Å². The van der Waals surface area contributed by atoms with E-state index in [-0.39, 0.29) is 30.3 Å². The monoisotopic (exact) mass is 270 g/mol. The van der Waals surface area contributed by atoms with Gasteiger partial charge in [0.05, 0.1) is 6.54 Å². The third kappa shape index (κ3) is 5.17. The van der Waals surface area contributed by atoms with Gasteiger partial charge in [0.15, 0.2) is 0 Å². The van der Waals surface area contributed by atoms with Crippen molar-refractivity contribution in [1.29, 1.82) is 0 Å². The van der Waals surface area contributed by atoms with Gasteiger partial charge in [-0.05, 0) is 25.7 Å². The van der Waals surface area contributed by atoms with Gasteiger partial charge < -0.3 is 10.6 Å². The Balaban J connectivity index is 0.00000256. The molecule has 0 heterocycles. The second-order valence-corrected chi connectivity index (χ2v) is 4.45. The van der Waals surface area contributed by atoms with Gasteiger partial charge in [-0.15, -0.1) is 12.4 Å². The number of carbonyl (C=O) groups is 1. The fourth-order valence-electron chi connectivity index (χ4n) is 2.23. The van der Waals surface area contributed by atoms with Gasteiger partial charge in [0, 0.05) is 18.5 Å². The van der Waals surface area contributed by atoms with Crippen LogP contribution >= 0.6 is 12.4 Å². The van der Waals surface area contributed by atoms with E-state index in [0.29, 0.717) is 19.4 Å². The first-order valence-electron chi connectivity index (χ1n) is 5.87. The molecule has 0 aromatic rings. The van der Waals surface area contributed by atoms with Gasteiger partial charge in [0.2, 0.25) is 5.91 Å². The van der Waals surface area contributed by atoms with Crippen LogP contribution in [0.3, 0.4) is 0 Å². The largest absolute Gasteiger partial charge is 0.337 e. The SMILES string of the molecule is CCCN(CC(F)F)C(=O)C1CCC(N)C1.Cl. The predicted octanol–water partition coefficient (Wildman–Crippen LogP) is 2.04. The number of hydrogen-bond donors (Lipinski definition) is 1. The zero-order chi connectivity index (χ0) is 12.1. The predicted molar refractivity (Wildman–Crippen MR) is 65.4 cm³/mol. The maximum Gasteiger partial charge on any atom is 0.255 e. The van der Waals surface area contributed by atoms with Crippen LogP contribution in [0.1, 0.15) is 32.6 Å². The van der Waals surface area contributed by atoms with Crippen molar-refractivity contribution in [2.75, 3.05) is 13.1 Å². The lowest BCUT2D eigenvalue weighted by atomic mass is 10.1. The van der Waals surface area contributed by atoms with Crippen LogP contribution < -0.4 is 5.73 Å². The van der Waals surface area contributed by atoms with Crippen LogP contribution in [-0.2, 0) is 4.79 Å². The Hall–Kier alpha value is -0.420. The number of amides is 1. The number of nitrogens with zero attached hydrogens (tertiary/aromatic N) is 1. The van der Waals surface area contributed by atoms with Crippen LogP contribution in [0.5, 0.6) is 0 Å². The van der Waals surface area contributed by atoms with Crippen molar-refractivity contribution in [2.45, 2.75) is 45.1 Å². The first-order chi connectivity index (χ1) is 7.54. The van der Waals surface area contributed by atoms with E-state index >= 15 is 0 Å². The lowest BCUT2D eigenvalue weighted by Gasteiger charge is -2.24. The molecule has 1 rings (SSSR count). The summed E-state index contributed by atoms with van der Waals surface area (Å²) in [4.78, 5) is 13.2. The van der Waals surface area contributed by atoms with Crippen molar-refractivity contribution in [2.24, 2.45) is 11.7 Å². The molecule has 0 bridgehead atoms. The van der Waals surface area contributed by atoms with E-state index in [0.717, 1.165) is 12.8 Å². The van der Waals surface area contributed by atoms with E-state index in [4.69, 9.17) is 5.73 Å². The minimum Gasteiger partial charge on any atom is -0.337 e. The second kappa shape index (κ2) is 7.82. The lowest BCUT2D eigenvalue weighted by Crippen LogP contribution is -2.39. The van der Waals surface area contributed by atoms with Gasteiger partial charge in [-0.3, -0.25) is 4.79 Å². The molecule has 2 N–H and O–H groups in total. The first-order valence-corrected chi connectivity index (χ1v) is 5.87. The lowest BCUT2D eigenvalue weighted by molar-refractivity contribution is -0.137. The van der Waals surface area contributed by atoms with Gasteiger partial charge in [-0.1, -0.05) is 6.92 Å². The van der Waals surface area contributed by atoms with Crippen molar-refractivity contribution in [3.05, 3.63) is 0 Å². The van der Waals surface area contributed by atoms with Gasteiger partial charge in [-0.2, -0.15) is 0 Å². The molecule has 1 amide bonds. The van der Waals surface area contributed by atoms with Crippen molar-refractivity contribution in [1.82, 2.24) is 4.90 Å². The molecular weight excluding hydrogens is 250 g/mol. The Morgan fingerprint density at radius 1 is 1.47 bits per heavy atom. The molecule has 1 fully saturated rings. The van der Waals surface area contributed by atoms with Crippen LogP contribution in [0.25, 0.3) is 0 Å². The van der Waals surface area contributed by atoms with Crippen LogP contribution in [0, 0.1) is 5.92 Å². The van der Waals surface area contributed by atoms with Gasteiger partial charge in [-0.25, -0.2) is 8.78 Å². The molecule has 0 aliphatic heterocycles. The van der Waals surface area contributed by atoms with E-state index in [2.05, 4.69) is 0 Å². The molecule has 3 nitrogen and oxygen atoms in total. The second-order valence-electron chi connectivity index (χ2n) is 4.45. The molecule has 0 aromatic carbocycles. The highest BCUT2D eigenvalue weighted by molar-refractivity contribution is 5.85. The summed E-state index contributed by atoms with van der Waals surface area (Å²) < 4.78 is 24.6. The topological polar surface area (TPSA) is 46.3 Å². The van der Waals surface area contributed by atoms with E-state index in [1.165, 1.54) is 4.90 Å². The van der Waals surface area contributed by atoms with E-state index in [9.17, 15) is 13.6 Å². The van der Waals surface area contributed by atoms with Crippen molar-refractivity contribution < 1.29 is 13.6 Å². The number of carbonyl (C=O) groups excluding carboxylic acids is 1. The Morgan fingerprint density at radius 3 is 2.53 bits per heavy atom. The Labute approximate surface area is 107 Å². The van der Waals surface area contributed by atoms with Gasteiger partial charge in [0.1, 0.15) is 0 Å². The quantitative estimate of drug-likeness (QED) is 0.831. The maximum absolute atomic E-state index is 12.3. The highest BCUT2D eigenvalue weighted by Gasteiger charge is 2.31. The zero-order valence-corrected chi connectivity index (χ0v) is 10.9. The molecule has 1 aliphatic carbocycles. The van der Waals surface area contributed by atoms with E-state index < -0.39 is 13.0 Å². The standard InChI is InChI=1S/C11H20F2N2O.ClH/c1-2-5-15(7-10(12)13)11(16)8-3-4-9(14)6-8;/h8-10H,2-7,14H2,1H3;1H. The molecule has 17 heavy (non-hydrogen) atoms. The van der Waals surface area contributed by atoms with Crippen LogP contribution in [-0.4, -0.2) is 36.4 Å². The Morgan fingerprint density at radius 2 is 2.12 bits per heavy atom. The molecule has 2 atom stereocenters. The molecule has 0 saturated heterocycles. The Bertz CT molecular complexity index is 242. The smallest absolute Gasteiger partial charge is 0.255 e. The summed E-state index contributed by atoms with van der Waals surface area (Å²) in [6.07, 6.45) is 0.458. The fourth-order valence-corrected chi connectivity index (χ4v) is 2.23. The Kier molecular flexibility index (Phi) is 7.63. The highest BCUT2D eigenvalue weighted by Crippen LogP contribution is 2.26. The van der Waals surface area contributed by atoms with E-state index in [1.807, 2.05) is 6.92 Å². The van der Waals surface area contributed by atoms with Gasteiger partial charge >= 0.3 is 0 Å². The van der Waals surface area contributed by atoms with Crippen molar-refractivity contribution in [3.8, 4) is 0 Å².